The number of hydrogen-bond acceptors (Lipinski definition) is 2. The van der Waals surface area contributed by atoms with Crippen LogP contribution in [0.1, 0.15) is 33.4 Å². The van der Waals surface area contributed by atoms with E-state index in [1.807, 2.05) is 42.6 Å². The van der Waals surface area contributed by atoms with Gasteiger partial charge in [-0.05, 0) is 99.3 Å². The number of para-hydroxylation sites is 2. The lowest BCUT2D eigenvalue weighted by atomic mass is 9.67. The third-order valence-electron chi connectivity index (χ3n) is 11.5. The van der Waals surface area contributed by atoms with E-state index in [-0.39, 0.29) is 5.82 Å². The Morgan fingerprint density at radius 1 is 0.509 bits per heavy atom. The smallest absolute Gasteiger partial charge is 0.147 e. The summed E-state index contributed by atoms with van der Waals surface area (Å²) in [5, 5.41) is 5.66. The second kappa shape index (κ2) is 14.1. The van der Waals surface area contributed by atoms with E-state index >= 15 is 4.39 Å². The Balaban J connectivity index is 1.32. The highest BCUT2D eigenvalue weighted by Crippen LogP contribution is 2.60. The predicted octanol–water partition coefficient (Wildman–Crippen LogP) is 14.3. The van der Waals surface area contributed by atoms with Gasteiger partial charge in [0, 0.05) is 28.5 Å². The highest BCUT2D eigenvalue weighted by atomic mass is 19.1. The van der Waals surface area contributed by atoms with E-state index in [2.05, 4.69) is 175 Å². The van der Waals surface area contributed by atoms with Gasteiger partial charge in [0.25, 0.3) is 0 Å². The number of nitrogens with zero attached hydrogens (tertiary/aromatic N) is 1. The number of rotatable bonds is 5. The zero-order valence-electron chi connectivity index (χ0n) is 31.5. The van der Waals surface area contributed by atoms with Crippen LogP contribution in [0.5, 0.6) is 0 Å². The molecule has 3 heteroatoms. The van der Waals surface area contributed by atoms with Gasteiger partial charge in [0.1, 0.15) is 5.82 Å². The van der Waals surface area contributed by atoms with Gasteiger partial charge in [0.2, 0.25) is 0 Å². The average Bonchev–Trinajstić information content (AvgIpc) is 3.53. The number of benzene rings is 8. The Bertz CT molecular complexity index is 2860. The lowest BCUT2D eigenvalue weighted by molar-refractivity contribution is 0.629. The molecule has 0 bridgehead atoms. The number of allylic oxidation sites excluding steroid dienone is 4. The molecule has 57 heavy (non-hydrogen) atoms. The standard InChI is InChI=1S/C54H39FN2/c1-37-29-32-45-47(34-37)54(39-19-7-4-8-20-39,40-21-9-5-10-22-40)48-36-52(43-24-11-12-25-44(43)53(45)48)57(51-28-16-14-26-49(51)55)41-31-30-38-18-6-2-3-17-33-56-50-27-15-13-23-42(50)46(38)35-41/h2-36,56H,1H3/b3-2-,18-6-,33-17+. The summed E-state index contributed by atoms with van der Waals surface area (Å²) in [5.41, 5.74) is 14.1. The largest absolute Gasteiger partial charge is 0.361 e. The minimum absolute atomic E-state index is 0.299. The first-order valence-corrected chi connectivity index (χ1v) is 19.5. The number of hydrogen-bond donors (Lipinski definition) is 1. The van der Waals surface area contributed by atoms with Crippen molar-refractivity contribution in [3.63, 3.8) is 0 Å². The maximum atomic E-state index is 16.6. The molecule has 0 saturated heterocycles. The number of nitrogens with one attached hydrogen (secondary N) is 1. The maximum Gasteiger partial charge on any atom is 0.147 e. The van der Waals surface area contributed by atoms with Crippen LogP contribution in [0.15, 0.2) is 206 Å². The van der Waals surface area contributed by atoms with E-state index in [0.29, 0.717) is 5.69 Å². The van der Waals surface area contributed by atoms with Crippen LogP contribution in [0.4, 0.5) is 27.1 Å². The minimum atomic E-state index is -0.642. The van der Waals surface area contributed by atoms with Crippen molar-refractivity contribution in [1.29, 1.82) is 0 Å². The third kappa shape index (κ3) is 5.62. The van der Waals surface area contributed by atoms with Gasteiger partial charge < -0.3 is 10.2 Å². The van der Waals surface area contributed by atoms with Crippen LogP contribution in [0, 0.1) is 12.7 Å². The summed E-state index contributed by atoms with van der Waals surface area (Å²) in [6.07, 6.45) is 12.2. The monoisotopic (exact) mass is 734 g/mol. The molecule has 2 aliphatic rings. The predicted molar refractivity (Wildman–Crippen MR) is 237 cm³/mol. The van der Waals surface area contributed by atoms with E-state index in [1.165, 1.54) is 38.9 Å². The van der Waals surface area contributed by atoms with Crippen LogP contribution in [0.25, 0.3) is 39.1 Å². The van der Waals surface area contributed by atoms with Gasteiger partial charge >= 0.3 is 0 Å². The van der Waals surface area contributed by atoms with E-state index in [4.69, 9.17) is 0 Å². The van der Waals surface area contributed by atoms with Crippen LogP contribution < -0.4 is 10.2 Å². The molecule has 272 valence electrons. The van der Waals surface area contributed by atoms with Crippen molar-refractivity contribution < 1.29 is 4.39 Å². The average molecular weight is 735 g/mol. The van der Waals surface area contributed by atoms with Gasteiger partial charge in [0.15, 0.2) is 0 Å². The molecule has 0 saturated carbocycles. The molecule has 2 nitrogen and oxygen atoms in total. The molecule has 1 aliphatic heterocycles. The summed E-state index contributed by atoms with van der Waals surface area (Å²) < 4.78 is 16.6. The number of halogens is 1. The van der Waals surface area contributed by atoms with E-state index < -0.39 is 5.41 Å². The van der Waals surface area contributed by atoms with Crippen LogP contribution in [0.2, 0.25) is 0 Å². The van der Waals surface area contributed by atoms with Gasteiger partial charge in [0.05, 0.1) is 16.8 Å². The second-order valence-electron chi connectivity index (χ2n) is 14.7. The highest BCUT2D eigenvalue weighted by Gasteiger charge is 2.47. The molecule has 1 heterocycles. The summed E-state index contributed by atoms with van der Waals surface area (Å²) in [5.74, 6) is -0.299. The number of fused-ring (bicyclic) bond motifs is 8. The summed E-state index contributed by atoms with van der Waals surface area (Å²) in [4.78, 5) is 2.12. The molecule has 0 fully saturated rings. The van der Waals surface area contributed by atoms with Crippen LogP contribution in [-0.2, 0) is 5.41 Å². The molecule has 1 N–H and O–H groups in total. The second-order valence-corrected chi connectivity index (χ2v) is 14.7. The molecule has 8 aromatic rings. The van der Waals surface area contributed by atoms with Crippen molar-refractivity contribution in [2.45, 2.75) is 12.3 Å². The van der Waals surface area contributed by atoms with Crippen molar-refractivity contribution in [3.05, 3.63) is 246 Å². The Labute approximate surface area is 333 Å². The zero-order chi connectivity index (χ0) is 38.3. The first-order chi connectivity index (χ1) is 28.1. The Hall–Kier alpha value is -7.23. The SMILES string of the molecule is Cc1ccc2c(c1)C(c1ccccc1)(c1ccccc1)c1cc(N(c3ccc4c(c3)-c3ccccc3N/C=C/C=C\C=C/4)c3ccccc3F)c3ccccc3c1-2. The third-order valence-corrected chi connectivity index (χ3v) is 11.5. The zero-order valence-corrected chi connectivity index (χ0v) is 31.5. The van der Waals surface area contributed by atoms with Gasteiger partial charge in [-0.3, -0.25) is 0 Å². The summed E-state index contributed by atoms with van der Waals surface area (Å²) >= 11 is 0. The molecular weight excluding hydrogens is 696 g/mol. The molecule has 10 rings (SSSR count). The Kier molecular flexibility index (Phi) is 8.49. The number of anilines is 4. The fraction of sp³-hybridized carbons (Fsp3) is 0.0370. The van der Waals surface area contributed by atoms with Crippen LogP contribution in [-0.4, -0.2) is 0 Å². The minimum Gasteiger partial charge on any atom is -0.361 e. The summed E-state index contributed by atoms with van der Waals surface area (Å²) in [6, 6.07) is 61.5. The fourth-order valence-electron chi connectivity index (χ4n) is 9.05. The summed E-state index contributed by atoms with van der Waals surface area (Å²) in [6.45, 7) is 2.18. The van der Waals surface area contributed by atoms with Gasteiger partial charge in [-0.1, -0.05) is 169 Å². The quantitative estimate of drug-likeness (QED) is 0.189. The lowest BCUT2D eigenvalue weighted by Gasteiger charge is -2.35. The topological polar surface area (TPSA) is 15.3 Å². The summed E-state index contributed by atoms with van der Waals surface area (Å²) in [7, 11) is 0. The van der Waals surface area contributed by atoms with E-state index in [9.17, 15) is 0 Å². The molecule has 8 aromatic carbocycles. The van der Waals surface area contributed by atoms with Crippen molar-refractivity contribution in [1.82, 2.24) is 0 Å². The van der Waals surface area contributed by atoms with Crippen LogP contribution >= 0.6 is 0 Å². The van der Waals surface area contributed by atoms with Crippen molar-refractivity contribution in [3.8, 4) is 22.3 Å². The molecule has 0 atom stereocenters. The van der Waals surface area contributed by atoms with Crippen molar-refractivity contribution in [2.24, 2.45) is 0 Å². The molecule has 1 aliphatic carbocycles. The van der Waals surface area contributed by atoms with Crippen LogP contribution in [0.3, 0.4) is 0 Å². The first kappa shape index (κ1) is 34.3. The Morgan fingerprint density at radius 3 is 1.98 bits per heavy atom. The molecule has 0 aromatic heterocycles. The Morgan fingerprint density at radius 2 is 1.19 bits per heavy atom. The van der Waals surface area contributed by atoms with Gasteiger partial charge in [-0.2, -0.15) is 0 Å². The normalized spacial score (nSPS) is 15.2. The van der Waals surface area contributed by atoms with Crippen molar-refractivity contribution >= 4 is 39.6 Å². The van der Waals surface area contributed by atoms with E-state index in [1.54, 1.807) is 12.1 Å². The number of aryl methyl sites for hydroxylation is 1. The lowest BCUT2D eigenvalue weighted by Crippen LogP contribution is -2.29. The van der Waals surface area contributed by atoms with Gasteiger partial charge in [-0.25, -0.2) is 4.39 Å². The first-order valence-electron chi connectivity index (χ1n) is 19.5. The van der Waals surface area contributed by atoms with Gasteiger partial charge in [-0.15, -0.1) is 0 Å². The molecule has 0 amide bonds. The van der Waals surface area contributed by atoms with Crippen molar-refractivity contribution in [2.75, 3.05) is 10.2 Å². The molecule has 0 spiro atoms. The van der Waals surface area contributed by atoms with E-state index in [0.717, 1.165) is 44.5 Å². The molecular formula is C54H39FN2. The fourth-order valence-corrected chi connectivity index (χ4v) is 9.05. The highest BCUT2D eigenvalue weighted by molar-refractivity contribution is 6.11. The molecule has 0 radical (unpaired) electrons. The molecule has 0 unspecified atom stereocenters. The maximum absolute atomic E-state index is 16.6.